The van der Waals surface area contributed by atoms with E-state index in [9.17, 15) is 4.39 Å². The van der Waals surface area contributed by atoms with E-state index < -0.39 is 0 Å². The van der Waals surface area contributed by atoms with Crippen molar-refractivity contribution in [2.75, 3.05) is 5.73 Å². The van der Waals surface area contributed by atoms with E-state index in [4.69, 9.17) is 5.73 Å². The minimum Gasteiger partial charge on any atom is -0.383 e. The van der Waals surface area contributed by atoms with Gasteiger partial charge in [0.1, 0.15) is 23.2 Å². The van der Waals surface area contributed by atoms with E-state index in [1.807, 2.05) is 10.6 Å². The van der Waals surface area contributed by atoms with Gasteiger partial charge in [-0.3, -0.25) is 0 Å². The predicted octanol–water partition coefficient (Wildman–Crippen LogP) is 3.98. The number of benzene rings is 1. The molecule has 1 aromatic heterocycles. The summed E-state index contributed by atoms with van der Waals surface area (Å²) >= 11 is 0. The molecule has 19 heavy (non-hydrogen) atoms. The van der Waals surface area contributed by atoms with Crippen molar-refractivity contribution >= 4 is 5.82 Å². The van der Waals surface area contributed by atoms with E-state index in [0.29, 0.717) is 11.5 Å². The fourth-order valence-electron chi connectivity index (χ4n) is 2.26. The van der Waals surface area contributed by atoms with Crippen LogP contribution in [0, 0.1) is 5.82 Å². The van der Waals surface area contributed by atoms with Gasteiger partial charge in [0, 0.05) is 17.5 Å². The number of hydrogen-bond acceptors (Lipinski definition) is 2. The molecule has 0 radical (unpaired) electrons. The molecule has 102 valence electrons. The van der Waals surface area contributed by atoms with Crippen molar-refractivity contribution in [1.82, 2.24) is 9.55 Å². The van der Waals surface area contributed by atoms with Gasteiger partial charge in [-0.05, 0) is 26.0 Å². The summed E-state index contributed by atoms with van der Waals surface area (Å²) < 4.78 is 15.4. The van der Waals surface area contributed by atoms with E-state index in [2.05, 4.69) is 32.7 Å². The molecule has 0 fully saturated rings. The smallest absolute Gasteiger partial charge is 0.131 e. The molecule has 0 saturated heterocycles. The molecule has 1 heterocycles. The Bertz CT molecular complexity index is 585. The highest BCUT2D eigenvalue weighted by atomic mass is 19.1. The largest absolute Gasteiger partial charge is 0.383 e. The molecule has 3 nitrogen and oxygen atoms in total. The van der Waals surface area contributed by atoms with Crippen molar-refractivity contribution in [3.05, 3.63) is 35.9 Å². The number of aromatic nitrogens is 2. The minimum absolute atomic E-state index is 0.229. The van der Waals surface area contributed by atoms with Gasteiger partial charge in [0.15, 0.2) is 0 Å². The molecule has 0 bridgehead atoms. The standard InChI is InChI=1S/C15H20FN3/c1-9(2)15-18-13(14(17)19(15)10(3)4)11-6-5-7-12(16)8-11/h5-10H,17H2,1-4H3. The van der Waals surface area contributed by atoms with Crippen molar-refractivity contribution in [2.24, 2.45) is 0 Å². The van der Waals surface area contributed by atoms with Crippen LogP contribution in [-0.4, -0.2) is 9.55 Å². The van der Waals surface area contributed by atoms with Gasteiger partial charge in [0.05, 0.1) is 0 Å². The molecule has 4 heteroatoms. The van der Waals surface area contributed by atoms with E-state index >= 15 is 0 Å². The number of imidazole rings is 1. The van der Waals surface area contributed by atoms with Gasteiger partial charge in [0.25, 0.3) is 0 Å². The summed E-state index contributed by atoms with van der Waals surface area (Å²) in [5.41, 5.74) is 7.59. The quantitative estimate of drug-likeness (QED) is 0.908. The van der Waals surface area contributed by atoms with Crippen LogP contribution < -0.4 is 5.73 Å². The molecule has 0 aliphatic heterocycles. The minimum atomic E-state index is -0.276. The molecule has 1 aromatic carbocycles. The average Bonchev–Trinajstić information content (AvgIpc) is 2.67. The maximum Gasteiger partial charge on any atom is 0.131 e. The number of anilines is 1. The Morgan fingerprint density at radius 2 is 1.89 bits per heavy atom. The highest BCUT2D eigenvalue weighted by Crippen LogP contribution is 2.32. The molecule has 0 atom stereocenters. The zero-order chi connectivity index (χ0) is 14.2. The third-order valence-electron chi connectivity index (χ3n) is 3.11. The van der Waals surface area contributed by atoms with E-state index in [1.165, 1.54) is 12.1 Å². The second-order valence-electron chi connectivity index (χ2n) is 5.33. The number of rotatable bonds is 3. The third-order valence-corrected chi connectivity index (χ3v) is 3.11. The molecule has 2 N–H and O–H groups in total. The molecular weight excluding hydrogens is 241 g/mol. The number of halogens is 1. The van der Waals surface area contributed by atoms with Crippen LogP contribution in [0.3, 0.4) is 0 Å². The summed E-state index contributed by atoms with van der Waals surface area (Å²) in [4.78, 5) is 4.61. The Balaban J connectivity index is 2.62. The fourth-order valence-corrected chi connectivity index (χ4v) is 2.26. The van der Waals surface area contributed by atoms with E-state index in [1.54, 1.807) is 6.07 Å². The Morgan fingerprint density at radius 1 is 1.21 bits per heavy atom. The highest BCUT2D eigenvalue weighted by Gasteiger charge is 2.20. The summed E-state index contributed by atoms with van der Waals surface area (Å²) in [6, 6.07) is 6.62. The summed E-state index contributed by atoms with van der Waals surface area (Å²) in [5.74, 6) is 1.53. The SMILES string of the molecule is CC(C)c1nc(-c2cccc(F)c2)c(N)n1C(C)C. The normalized spacial score (nSPS) is 11.5. The van der Waals surface area contributed by atoms with Gasteiger partial charge in [-0.2, -0.15) is 0 Å². The van der Waals surface area contributed by atoms with E-state index in [0.717, 1.165) is 11.4 Å². The molecule has 2 aromatic rings. The lowest BCUT2D eigenvalue weighted by atomic mass is 10.1. The van der Waals surface area contributed by atoms with Crippen molar-refractivity contribution < 1.29 is 4.39 Å². The van der Waals surface area contributed by atoms with Crippen LogP contribution in [0.1, 0.15) is 45.5 Å². The number of nitrogen functional groups attached to an aromatic ring is 1. The van der Waals surface area contributed by atoms with Crippen LogP contribution in [0.5, 0.6) is 0 Å². The predicted molar refractivity (Wildman–Crippen MR) is 76.5 cm³/mol. The summed E-state index contributed by atoms with van der Waals surface area (Å²) in [5, 5.41) is 0. The first-order valence-electron chi connectivity index (χ1n) is 6.55. The lowest BCUT2D eigenvalue weighted by molar-refractivity contribution is 0.556. The van der Waals surface area contributed by atoms with Crippen LogP contribution in [0.25, 0.3) is 11.3 Å². The topological polar surface area (TPSA) is 43.8 Å². The summed E-state index contributed by atoms with van der Waals surface area (Å²) in [7, 11) is 0. The maximum absolute atomic E-state index is 13.3. The highest BCUT2D eigenvalue weighted by molar-refractivity contribution is 5.71. The summed E-state index contributed by atoms with van der Waals surface area (Å²) in [6.45, 7) is 8.30. The third kappa shape index (κ3) is 2.48. The second kappa shape index (κ2) is 5.03. The van der Waals surface area contributed by atoms with Gasteiger partial charge in [-0.25, -0.2) is 9.37 Å². The van der Waals surface area contributed by atoms with Crippen LogP contribution in [-0.2, 0) is 0 Å². The van der Waals surface area contributed by atoms with Crippen molar-refractivity contribution in [3.8, 4) is 11.3 Å². The number of nitrogens with two attached hydrogens (primary N) is 1. The molecule has 0 saturated carbocycles. The van der Waals surface area contributed by atoms with Crippen molar-refractivity contribution in [2.45, 2.75) is 39.7 Å². The second-order valence-corrected chi connectivity index (χ2v) is 5.33. The lowest BCUT2D eigenvalue weighted by Gasteiger charge is -2.15. The first-order valence-corrected chi connectivity index (χ1v) is 6.55. The van der Waals surface area contributed by atoms with Crippen LogP contribution in [0.15, 0.2) is 24.3 Å². The zero-order valence-corrected chi connectivity index (χ0v) is 11.8. The van der Waals surface area contributed by atoms with Gasteiger partial charge in [-0.15, -0.1) is 0 Å². The molecule has 0 unspecified atom stereocenters. The molecule has 0 spiro atoms. The Morgan fingerprint density at radius 3 is 2.37 bits per heavy atom. The van der Waals surface area contributed by atoms with Crippen LogP contribution >= 0.6 is 0 Å². The molecule has 2 rings (SSSR count). The molecule has 0 amide bonds. The lowest BCUT2D eigenvalue weighted by Crippen LogP contribution is -2.10. The number of nitrogens with zero attached hydrogens (tertiary/aromatic N) is 2. The van der Waals surface area contributed by atoms with E-state index in [-0.39, 0.29) is 17.8 Å². The van der Waals surface area contributed by atoms with Crippen LogP contribution in [0.4, 0.5) is 10.2 Å². The Labute approximate surface area is 113 Å². The van der Waals surface area contributed by atoms with Crippen molar-refractivity contribution in [1.29, 1.82) is 0 Å². The average molecular weight is 261 g/mol. The monoisotopic (exact) mass is 261 g/mol. The number of hydrogen-bond donors (Lipinski definition) is 1. The molecular formula is C15H20FN3. The molecule has 0 aliphatic carbocycles. The Kier molecular flexibility index (Phi) is 3.60. The van der Waals surface area contributed by atoms with Crippen LogP contribution in [0.2, 0.25) is 0 Å². The Hall–Kier alpha value is -1.84. The van der Waals surface area contributed by atoms with Crippen molar-refractivity contribution in [3.63, 3.8) is 0 Å². The van der Waals surface area contributed by atoms with Gasteiger partial charge in [0.2, 0.25) is 0 Å². The van der Waals surface area contributed by atoms with Gasteiger partial charge < -0.3 is 10.3 Å². The fraction of sp³-hybridized carbons (Fsp3) is 0.400. The van der Waals surface area contributed by atoms with Gasteiger partial charge in [-0.1, -0.05) is 26.0 Å². The maximum atomic E-state index is 13.3. The first kappa shape index (κ1) is 13.6. The van der Waals surface area contributed by atoms with Gasteiger partial charge >= 0.3 is 0 Å². The summed E-state index contributed by atoms with van der Waals surface area (Å²) in [6.07, 6.45) is 0. The first-order chi connectivity index (χ1) is 8.91. The zero-order valence-electron chi connectivity index (χ0n) is 11.8. The molecule has 0 aliphatic rings.